The number of hydrogen-bond acceptors (Lipinski definition) is 2. The van der Waals surface area contributed by atoms with Crippen LogP contribution in [0.15, 0.2) is 229 Å². The summed E-state index contributed by atoms with van der Waals surface area (Å²) in [5.41, 5.74) is 9.30. The van der Waals surface area contributed by atoms with E-state index in [1.54, 1.807) is 0 Å². The molecule has 8 aromatic rings. The van der Waals surface area contributed by atoms with Crippen molar-refractivity contribution in [3.8, 4) is 11.1 Å². The van der Waals surface area contributed by atoms with Crippen LogP contribution < -0.4 is 4.90 Å². The van der Waals surface area contributed by atoms with Crippen molar-refractivity contribution in [2.45, 2.75) is 6.42 Å². The second kappa shape index (κ2) is 14.9. The molecule has 2 nitrogen and oxygen atoms in total. The van der Waals surface area contributed by atoms with Crippen LogP contribution in [0.1, 0.15) is 12.0 Å². The molecule has 0 aliphatic heterocycles. The predicted octanol–water partition coefficient (Wildman–Crippen LogP) is 15.1. The van der Waals surface area contributed by atoms with E-state index in [1.165, 1.54) is 32.3 Å². The first kappa shape index (κ1) is 34.6. The minimum atomic E-state index is 0.152. The molecule has 268 valence electrons. The Morgan fingerprint density at radius 1 is 0.625 bits per heavy atom. The fraction of sp³-hybridized carbons (Fsp3) is 0.0370. The van der Waals surface area contributed by atoms with Gasteiger partial charge < -0.3 is 9.32 Å². The largest absolute Gasteiger partial charge is 0.456 e. The highest BCUT2D eigenvalue weighted by atomic mass is 16.3. The summed E-state index contributed by atoms with van der Waals surface area (Å²) in [6.07, 6.45) is 21.9. The second-order valence-electron chi connectivity index (χ2n) is 14.2. The molecule has 0 amide bonds. The molecule has 1 aliphatic carbocycles. The zero-order chi connectivity index (χ0) is 38.0. The van der Waals surface area contributed by atoms with Crippen LogP contribution in [0.3, 0.4) is 0 Å². The van der Waals surface area contributed by atoms with Gasteiger partial charge in [-0.15, -0.1) is 0 Å². The predicted molar refractivity (Wildman–Crippen MR) is 242 cm³/mol. The van der Waals surface area contributed by atoms with Crippen molar-refractivity contribution in [2.24, 2.45) is 5.92 Å². The van der Waals surface area contributed by atoms with Crippen LogP contribution in [0.4, 0.5) is 5.69 Å². The molecule has 0 N–H and O–H groups in total. The van der Waals surface area contributed by atoms with Crippen molar-refractivity contribution in [3.05, 3.63) is 230 Å². The normalized spacial score (nSPS) is 14.9. The van der Waals surface area contributed by atoms with E-state index in [0.717, 1.165) is 67.7 Å². The number of benzene rings is 7. The Bertz CT molecular complexity index is 3010. The third-order valence-corrected chi connectivity index (χ3v) is 10.9. The number of allylic oxidation sites excluding steroid dienone is 10. The van der Waals surface area contributed by atoms with Gasteiger partial charge >= 0.3 is 0 Å². The van der Waals surface area contributed by atoms with E-state index in [9.17, 15) is 0 Å². The van der Waals surface area contributed by atoms with Gasteiger partial charge in [0.25, 0.3) is 0 Å². The average Bonchev–Trinajstić information content (AvgIpc) is 3.60. The number of para-hydroxylation sites is 1. The molecule has 56 heavy (non-hydrogen) atoms. The van der Waals surface area contributed by atoms with Crippen LogP contribution in [0, 0.1) is 5.92 Å². The second-order valence-corrected chi connectivity index (χ2v) is 14.2. The average molecular weight is 720 g/mol. The number of nitrogens with zero attached hydrogens (tertiary/aromatic N) is 1. The Hall–Kier alpha value is -7.16. The molecule has 0 radical (unpaired) electrons. The van der Waals surface area contributed by atoms with Crippen LogP contribution in [0.5, 0.6) is 0 Å². The van der Waals surface area contributed by atoms with E-state index < -0.39 is 0 Å². The summed E-state index contributed by atoms with van der Waals surface area (Å²) in [7, 11) is 0. The van der Waals surface area contributed by atoms with E-state index in [4.69, 9.17) is 4.42 Å². The topological polar surface area (TPSA) is 16.4 Å². The van der Waals surface area contributed by atoms with Crippen LogP contribution in [-0.4, -0.2) is 0 Å². The van der Waals surface area contributed by atoms with Crippen molar-refractivity contribution in [2.75, 3.05) is 4.90 Å². The minimum Gasteiger partial charge on any atom is -0.456 e. The summed E-state index contributed by atoms with van der Waals surface area (Å²) in [5.74, 6) is 0.152. The van der Waals surface area contributed by atoms with E-state index in [2.05, 4.69) is 201 Å². The molecule has 0 saturated carbocycles. The van der Waals surface area contributed by atoms with Gasteiger partial charge in [0.2, 0.25) is 0 Å². The van der Waals surface area contributed by atoms with Gasteiger partial charge in [-0.3, -0.25) is 0 Å². The Labute approximate surface area is 328 Å². The van der Waals surface area contributed by atoms with Crippen molar-refractivity contribution in [1.82, 2.24) is 0 Å². The van der Waals surface area contributed by atoms with Crippen molar-refractivity contribution in [1.29, 1.82) is 0 Å². The van der Waals surface area contributed by atoms with Gasteiger partial charge in [-0.1, -0.05) is 159 Å². The molecule has 0 spiro atoms. The SMILES string of the molecule is C=C/C=C(\C=C)C1C=C(N(/C(C=C)=C/C=C/c2ccc3c(ccc4ccccc43)c2)c2ccccc2-c2ccc3oc4cc5ccccc5cc4c3c2)C=CC1. The fourth-order valence-electron chi connectivity index (χ4n) is 8.12. The standard InChI is InChI=1S/C54H41NO/c1-4-15-38(5-2)40-20-14-22-46(33-40)55(45(6-3)21-13-16-37-26-30-48-43(32-37)28-27-39-17-9-10-23-47(39)48)52-25-12-11-24-49(52)44-29-31-53-50(35-44)51-34-41-18-7-8-19-42(41)36-54(51)56-53/h4-19,21-36,40H,1-3,20H2/b16-13+,38-15+,45-21+. The Kier molecular flexibility index (Phi) is 9.23. The molecule has 1 heterocycles. The van der Waals surface area contributed by atoms with Gasteiger partial charge in [0, 0.05) is 33.6 Å². The lowest BCUT2D eigenvalue weighted by atomic mass is 9.90. The van der Waals surface area contributed by atoms with E-state index >= 15 is 0 Å². The molecule has 0 saturated heterocycles. The van der Waals surface area contributed by atoms with Crippen molar-refractivity contribution < 1.29 is 4.42 Å². The van der Waals surface area contributed by atoms with Crippen molar-refractivity contribution in [3.63, 3.8) is 0 Å². The molecule has 1 unspecified atom stereocenters. The maximum absolute atomic E-state index is 6.39. The minimum absolute atomic E-state index is 0.152. The smallest absolute Gasteiger partial charge is 0.136 e. The van der Waals surface area contributed by atoms with E-state index in [1.807, 2.05) is 18.2 Å². The van der Waals surface area contributed by atoms with Gasteiger partial charge in [-0.25, -0.2) is 0 Å². The summed E-state index contributed by atoms with van der Waals surface area (Å²) < 4.78 is 6.39. The number of rotatable bonds is 10. The van der Waals surface area contributed by atoms with Gasteiger partial charge in [-0.05, 0) is 110 Å². The van der Waals surface area contributed by atoms with Crippen molar-refractivity contribution >= 4 is 66.0 Å². The first-order chi connectivity index (χ1) is 27.6. The highest BCUT2D eigenvalue weighted by Gasteiger charge is 2.22. The fourth-order valence-corrected chi connectivity index (χ4v) is 8.12. The highest BCUT2D eigenvalue weighted by Crippen LogP contribution is 2.41. The molecule has 7 aromatic carbocycles. The maximum Gasteiger partial charge on any atom is 0.136 e. The molecule has 1 aliphatic rings. The molecular weight excluding hydrogens is 679 g/mol. The van der Waals surface area contributed by atoms with Gasteiger partial charge in [-0.2, -0.15) is 0 Å². The highest BCUT2D eigenvalue weighted by molar-refractivity contribution is 6.11. The molecular formula is C54H41NO. The Morgan fingerprint density at radius 2 is 1.38 bits per heavy atom. The maximum atomic E-state index is 6.39. The van der Waals surface area contributed by atoms with Crippen LogP contribution in [-0.2, 0) is 0 Å². The summed E-state index contributed by atoms with van der Waals surface area (Å²) in [4.78, 5) is 2.32. The molecule has 1 atom stereocenters. The summed E-state index contributed by atoms with van der Waals surface area (Å²) in [6.45, 7) is 12.4. The van der Waals surface area contributed by atoms with Gasteiger partial charge in [0.05, 0.1) is 5.69 Å². The van der Waals surface area contributed by atoms with E-state index in [-0.39, 0.29) is 5.92 Å². The van der Waals surface area contributed by atoms with Gasteiger partial charge in [0.1, 0.15) is 11.2 Å². The summed E-state index contributed by atoms with van der Waals surface area (Å²) in [6, 6.07) is 47.6. The number of anilines is 1. The van der Waals surface area contributed by atoms with E-state index in [0.29, 0.717) is 0 Å². The number of hydrogen-bond donors (Lipinski definition) is 0. The number of furan rings is 1. The third-order valence-electron chi connectivity index (χ3n) is 10.9. The summed E-state index contributed by atoms with van der Waals surface area (Å²) >= 11 is 0. The van der Waals surface area contributed by atoms with Gasteiger partial charge in [0.15, 0.2) is 0 Å². The lowest BCUT2D eigenvalue weighted by molar-refractivity contribution is 0.669. The first-order valence-electron chi connectivity index (χ1n) is 19.1. The zero-order valence-electron chi connectivity index (χ0n) is 31.2. The first-order valence-corrected chi connectivity index (χ1v) is 19.1. The third kappa shape index (κ3) is 6.42. The lowest BCUT2D eigenvalue weighted by Gasteiger charge is -2.32. The molecule has 0 fully saturated rings. The number of fused-ring (bicyclic) bond motifs is 7. The van der Waals surface area contributed by atoms with Crippen LogP contribution in [0.25, 0.3) is 71.5 Å². The Balaban J connectivity index is 1.16. The lowest BCUT2D eigenvalue weighted by Crippen LogP contribution is -2.23. The summed E-state index contributed by atoms with van der Waals surface area (Å²) in [5, 5.41) is 9.57. The quantitative estimate of drug-likeness (QED) is 0.103. The molecule has 2 heteroatoms. The van der Waals surface area contributed by atoms with Crippen LogP contribution in [0.2, 0.25) is 0 Å². The molecule has 0 bridgehead atoms. The zero-order valence-corrected chi connectivity index (χ0v) is 31.2. The molecule has 1 aromatic heterocycles. The van der Waals surface area contributed by atoms with Crippen LogP contribution >= 0.6 is 0 Å². The Morgan fingerprint density at radius 3 is 2.21 bits per heavy atom. The monoisotopic (exact) mass is 719 g/mol. The molecule has 9 rings (SSSR count).